The number of piperidine rings is 1. The summed E-state index contributed by atoms with van der Waals surface area (Å²) in [5.74, 6) is 3.54. The fraction of sp³-hybridized carbons (Fsp3) is 0.450. The highest BCUT2D eigenvalue weighted by Gasteiger charge is 2.20. The van der Waals surface area contributed by atoms with Crippen LogP contribution in [-0.4, -0.2) is 45.9 Å². The number of aromatic nitrogens is 1. The lowest BCUT2D eigenvalue weighted by Crippen LogP contribution is -2.40. The maximum Gasteiger partial charge on any atom is 0.258 e. The lowest BCUT2D eigenvalue weighted by atomic mass is 10.0. The number of benzene rings is 1. The van der Waals surface area contributed by atoms with Crippen molar-refractivity contribution >= 4 is 61.1 Å². The molecule has 0 spiro atoms. The number of amides is 2. The molecular formula is C20H22BrN3O2S2. The van der Waals surface area contributed by atoms with E-state index >= 15 is 0 Å². The normalized spacial score (nSPS) is 17.7. The standard InChI is InChI=1S/C20H22BrN3O2S2/c1-3-8-24-16-7-6-15(21)10-17(16)28-20(24)22-18(25)12-27-13-19(26)23-9-4-5-14(2)11-23/h1,6-7,10,14H,4-5,8-9,11-13H2,2H3. The summed E-state index contributed by atoms with van der Waals surface area (Å²) in [7, 11) is 0. The zero-order valence-corrected chi connectivity index (χ0v) is 18.9. The summed E-state index contributed by atoms with van der Waals surface area (Å²) < 4.78 is 3.85. The molecule has 5 nitrogen and oxygen atoms in total. The van der Waals surface area contributed by atoms with E-state index in [1.165, 1.54) is 29.5 Å². The van der Waals surface area contributed by atoms with E-state index in [1.54, 1.807) is 0 Å². The van der Waals surface area contributed by atoms with Crippen LogP contribution in [0.15, 0.2) is 27.7 Å². The smallest absolute Gasteiger partial charge is 0.258 e. The third-order valence-corrected chi connectivity index (χ3v) is 7.01. The molecule has 1 aromatic heterocycles. The minimum Gasteiger partial charge on any atom is -0.342 e. The van der Waals surface area contributed by atoms with Crippen molar-refractivity contribution in [2.45, 2.75) is 26.3 Å². The number of fused-ring (bicyclic) bond motifs is 1. The van der Waals surface area contributed by atoms with Crippen LogP contribution in [0.5, 0.6) is 0 Å². The molecule has 8 heteroatoms. The lowest BCUT2D eigenvalue weighted by molar-refractivity contribution is -0.130. The first-order valence-electron chi connectivity index (χ1n) is 9.13. The fourth-order valence-electron chi connectivity index (χ4n) is 3.25. The molecule has 1 saturated heterocycles. The Morgan fingerprint density at radius 1 is 1.43 bits per heavy atom. The SMILES string of the molecule is C#CCn1c(=NC(=O)CSCC(=O)N2CCCC(C)C2)sc2cc(Br)ccc21. The number of thiazole rings is 1. The van der Waals surface area contributed by atoms with Crippen molar-refractivity contribution in [3.05, 3.63) is 27.5 Å². The highest BCUT2D eigenvalue weighted by atomic mass is 79.9. The molecule has 1 unspecified atom stereocenters. The van der Waals surface area contributed by atoms with Crippen LogP contribution >= 0.6 is 39.0 Å². The van der Waals surface area contributed by atoms with Gasteiger partial charge in [-0.2, -0.15) is 4.99 Å². The zero-order chi connectivity index (χ0) is 20.1. The maximum absolute atomic E-state index is 12.3. The average molecular weight is 480 g/mol. The van der Waals surface area contributed by atoms with Gasteiger partial charge < -0.3 is 9.47 Å². The first-order valence-corrected chi connectivity index (χ1v) is 11.9. The van der Waals surface area contributed by atoms with Gasteiger partial charge in [0.2, 0.25) is 5.91 Å². The van der Waals surface area contributed by atoms with E-state index in [0.29, 0.717) is 23.0 Å². The first-order chi connectivity index (χ1) is 13.5. The molecule has 2 heterocycles. The molecule has 1 atom stereocenters. The van der Waals surface area contributed by atoms with Crippen molar-refractivity contribution in [2.24, 2.45) is 10.9 Å². The van der Waals surface area contributed by atoms with E-state index in [4.69, 9.17) is 6.42 Å². The van der Waals surface area contributed by atoms with Crippen LogP contribution < -0.4 is 4.80 Å². The minimum atomic E-state index is -0.249. The van der Waals surface area contributed by atoms with E-state index in [0.717, 1.165) is 34.2 Å². The molecule has 0 bridgehead atoms. The monoisotopic (exact) mass is 479 g/mol. The molecule has 1 fully saturated rings. The topological polar surface area (TPSA) is 54.7 Å². The molecule has 2 aromatic rings. The van der Waals surface area contributed by atoms with Crippen molar-refractivity contribution in [3.63, 3.8) is 0 Å². The number of likely N-dealkylation sites (tertiary alicyclic amines) is 1. The van der Waals surface area contributed by atoms with Gasteiger partial charge >= 0.3 is 0 Å². The van der Waals surface area contributed by atoms with E-state index in [2.05, 4.69) is 33.8 Å². The quantitative estimate of drug-likeness (QED) is 0.616. The third kappa shape index (κ3) is 5.28. The van der Waals surface area contributed by atoms with E-state index in [9.17, 15) is 9.59 Å². The van der Waals surface area contributed by atoms with Crippen molar-refractivity contribution in [1.82, 2.24) is 9.47 Å². The van der Waals surface area contributed by atoms with Crippen LogP contribution in [0.1, 0.15) is 19.8 Å². The van der Waals surface area contributed by atoms with Gasteiger partial charge in [0.1, 0.15) is 0 Å². The summed E-state index contributed by atoms with van der Waals surface area (Å²) in [5, 5.41) is 0. The highest BCUT2D eigenvalue weighted by Crippen LogP contribution is 2.22. The number of terminal acetylenes is 1. The molecule has 0 aliphatic carbocycles. The third-order valence-electron chi connectivity index (χ3n) is 4.58. The van der Waals surface area contributed by atoms with Crippen LogP contribution in [0.4, 0.5) is 0 Å². The van der Waals surface area contributed by atoms with Gasteiger partial charge in [0.05, 0.1) is 28.3 Å². The Bertz CT molecular complexity index is 989. The van der Waals surface area contributed by atoms with Gasteiger partial charge in [-0.25, -0.2) is 0 Å². The van der Waals surface area contributed by atoms with Crippen molar-refractivity contribution in [2.75, 3.05) is 24.6 Å². The van der Waals surface area contributed by atoms with Crippen LogP contribution in [0, 0.1) is 18.3 Å². The van der Waals surface area contributed by atoms with Crippen LogP contribution in [0.2, 0.25) is 0 Å². The second-order valence-corrected chi connectivity index (χ2v) is 9.78. The number of halogens is 1. The predicted molar refractivity (Wildman–Crippen MR) is 119 cm³/mol. The van der Waals surface area contributed by atoms with Gasteiger partial charge in [0, 0.05) is 17.6 Å². The Labute approximate surface area is 181 Å². The number of carbonyl (C=O) groups excluding carboxylic acids is 2. The second-order valence-electron chi connectivity index (χ2n) is 6.87. The Balaban J connectivity index is 1.65. The second kappa shape index (κ2) is 9.77. The molecule has 148 valence electrons. The summed E-state index contributed by atoms with van der Waals surface area (Å²) in [6.07, 6.45) is 7.72. The molecule has 1 aliphatic heterocycles. The average Bonchev–Trinajstić information content (AvgIpc) is 2.98. The summed E-state index contributed by atoms with van der Waals surface area (Å²) >= 11 is 6.22. The van der Waals surface area contributed by atoms with Gasteiger partial charge in [-0.1, -0.05) is 40.1 Å². The van der Waals surface area contributed by atoms with E-state index < -0.39 is 0 Å². The Kier molecular flexibility index (Phi) is 7.38. The Morgan fingerprint density at radius 2 is 2.25 bits per heavy atom. The number of thioether (sulfide) groups is 1. The molecule has 0 radical (unpaired) electrons. The summed E-state index contributed by atoms with van der Waals surface area (Å²) in [6.45, 7) is 4.17. The predicted octanol–water partition coefficient (Wildman–Crippen LogP) is 3.52. The number of hydrogen-bond donors (Lipinski definition) is 0. The lowest BCUT2D eigenvalue weighted by Gasteiger charge is -2.30. The zero-order valence-electron chi connectivity index (χ0n) is 15.7. The number of rotatable bonds is 5. The Hall–Kier alpha value is -1.56. The number of carbonyl (C=O) groups is 2. The van der Waals surface area contributed by atoms with Gasteiger partial charge in [-0.05, 0) is 37.0 Å². The fourth-order valence-corrected chi connectivity index (χ4v) is 5.55. The van der Waals surface area contributed by atoms with Gasteiger partial charge in [-0.15, -0.1) is 18.2 Å². The van der Waals surface area contributed by atoms with Crippen LogP contribution in [0.25, 0.3) is 10.2 Å². The van der Waals surface area contributed by atoms with Crippen molar-refractivity contribution < 1.29 is 9.59 Å². The molecule has 2 amide bonds. The number of nitrogens with zero attached hydrogens (tertiary/aromatic N) is 3. The number of hydrogen-bond acceptors (Lipinski definition) is 4. The molecule has 1 aliphatic rings. The molecule has 28 heavy (non-hydrogen) atoms. The van der Waals surface area contributed by atoms with Crippen molar-refractivity contribution in [3.8, 4) is 12.3 Å². The van der Waals surface area contributed by atoms with E-state index in [1.807, 2.05) is 27.7 Å². The van der Waals surface area contributed by atoms with Crippen LogP contribution in [0.3, 0.4) is 0 Å². The van der Waals surface area contributed by atoms with Gasteiger partial charge in [-0.3, -0.25) is 9.59 Å². The molecule has 1 aromatic carbocycles. The minimum absolute atomic E-state index is 0.110. The van der Waals surface area contributed by atoms with Gasteiger partial charge in [0.15, 0.2) is 4.80 Å². The highest BCUT2D eigenvalue weighted by molar-refractivity contribution is 9.10. The van der Waals surface area contributed by atoms with Gasteiger partial charge in [0.25, 0.3) is 5.91 Å². The van der Waals surface area contributed by atoms with Crippen LogP contribution in [-0.2, 0) is 16.1 Å². The first kappa shape index (κ1) is 21.2. The molecule has 0 saturated carbocycles. The summed E-state index contributed by atoms with van der Waals surface area (Å²) in [6, 6.07) is 5.89. The largest absolute Gasteiger partial charge is 0.342 e. The Morgan fingerprint density at radius 3 is 3.00 bits per heavy atom. The van der Waals surface area contributed by atoms with E-state index in [-0.39, 0.29) is 17.6 Å². The molecular weight excluding hydrogens is 458 g/mol. The van der Waals surface area contributed by atoms with Crippen molar-refractivity contribution in [1.29, 1.82) is 0 Å². The molecule has 0 N–H and O–H groups in total. The summed E-state index contributed by atoms with van der Waals surface area (Å²) in [5.41, 5.74) is 0.958. The summed E-state index contributed by atoms with van der Waals surface area (Å²) in [4.78, 5) is 31.4. The maximum atomic E-state index is 12.3. The molecule has 3 rings (SSSR count).